The number of unbranched alkanes of at least 4 members (excludes halogenated alkanes) is 1. The second-order valence-electron chi connectivity index (χ2n) is 2.54. The van der Waals surface area contributed by atoms with Crippen molar-refractivity contribution in [2.24, 2.45) is 5.73 Å². The van der Waals surface area contributed by atoms with Crippen LogP contribution < -0.4 is 5.73 Å². The van der Waals surface area contributed by atoms with E-state index < -0.39 is 6.04 Å². The lowest BCUT2D eigenvalue weighted by Crippen LogP contribution is -2.31. The van der Waals surface area contributed by atoms with Crippen LogP contribution in [0.4, 0.5) is 0 Å². The molecule has 0 spiro atoms. The third kappa shape index (κ3) is 4.79. The van der Waals surface area contributed by atoms with E-state index in [0.717, 1.165) is 12.8 Å². The van der Waals surface area contributed by atoms with Crippen LogP contribution in [0.5, 0.6) is 0 Å². The summed E-state index contributed by atoms with van der Waals surface area (Å²) in [6.07, 6.45) is 2.60. The summed E-state index contributed by atoms with van der Waals surface area (Å²) in [5, 5.41) is 0. The lowest BCUT2D eigenvalue weighted by atomic mass is 10.2. The maximum Gasteiger partial charge on any atom is 0.322 e. The highest BCUT2D eigenvalue weighted by Crippen LogP contribution is 1.93. The largest absolute Gasteiger partial charge is 0.465 e. The highest BCUT2D eigenvalue weighted by atomic mass is 16.5. The number of nitrogens with two attached hydrogens (primary N) is 1. The van der Waals surface area contributed by atoms with Gasteiger partial charge in [-0.05, 0) is 12.8 Å². The zero-order valence-corrected chi connectivity index (χ0v) is 7.30. The summed E-state index contributed by atoms with van der Waals surface area (Å²) in [4.78, 5) is 10.9. The molecule has 2 N–H and O–H groups in total. The highest BCUT2D eigenvalue weighted by molar-refractivity contribution is 5.75. The van der Waals surface area contributed by atoms with Crippen molar-refractivity contribution in [2.45, 2.75) is 39.2 Å². The van der Waals surface area contributed by atoms with Gasteiger partial charge < -0.3 is 10.5 Å². The van der Waals surface area contributed by atoms with E-state index in [9.17, 15) is 4.79 Å². The van der Waals surface area contributed by atoms with Crippen LogP contribution in [0.25, 0.3) is 0 Å². The van der Waals surface area contributed by atoms with Gasteiger partial charge in [0.25, 0.3) is 0 Å². The van der Waals surface area contributed by atoms with Crippen LogP contribution in [0, 0.1) is 0 Å². The topological polar surface area (TPSA) is 52.3 Å². The Hall–Kier alpha value is -0.570. The number of rotatable bonds is 5. The molecule has 3 nitrogen and oxygen atoms in total. The smallest absolute Gasteiger partial charge is 0.322 e. The quantitative estimate of drug-likeness (QED) is 0.482. The molecule has 0 amide bonds. The van der Waals surface area contributed by atoms with Crippen molar-refractivity contribution in [2.75, 3.05) is 6.61 Å². The number of hydrogen-bond acceptors (Lipinski definition) is 3. The Bertz CT molecular complexity index is 115. The van der Waals surface area contributed by atoms with Gasteiger partial charge in [-0.2, -0.15) is 0 Å². The van der Waals surface area contributed by atoms with E-state index >= 15 is 0 Å². The average Bonchev–Trinajstić information content (AvgIpc) is 2.03. The summed E-state index contributed by atoms with van der Waals surface area (Å²) in [5.41, 5.74) is 5.42. The van der Waals surface area contributed by atoms with Crippen molar-refractivity contribution in [1.82, 2.24) is 0 Å². The molecule has 0 heterocycles. The SMILES string of the molecule is CCCCOC(=O)C(N)CC. The van der Waals surface area contributed by atoms with Crippen molar-refractivity contribution < 1.29 is 9.53 Å². The zero-order chi connectivity index (χ0) is 8.69. The van der Waals surface area contributed by atoms with Crippen molar-refractivity contribution in [1.29, 1.82) is 0 Å². The second-order valence-corrected chi connectivity index (χ2v) is 2.54. The number of ether oxygens (including phenoxy) is 1. The van der Waals surface area contributed by atoms with Gasteiger partial charge in [0.1, 0.15) is 6.04 Å². The Labute approximate surface area is 67.9 Å². The first kappa shape index (κ1) is 10.4. The standard InChI is InChI=1S/C8H17NO2/c1-3-5-6-11-8(10)7(9)4-2/h7H,3-6,9H2,1-2H3. The van der Waals surface area contributed by atoms with E-state index in [1.807, 2.05) is 13.8 Å². The van der Waals surface area contributed by atoms with E-state index in [1.54, 1.807) is 0 Å². The molecule has 11 heavy (non-hydrogen) atoms. The van der Waals surface area contributed by atoms with Gasteiger partial charge in [0.05, 0.1) is 6.61 Å². The highest BCUT2D eigenvalue weighted by Gasteiger charge is 2.10. The fraction of sp³-hybridized carbons (Fsp3) is 0.875. The number of hydrogen-bond donors (Lipinski definition) is 1. The Morgan fingerprint density at radius 3 is 2.64 bits per heavy atom. The molecule has 0 aliphatic heterocycles. The first-order chi connectivity index (χ1) is 5.22. The van der Waals surface area contributed by atoms with E-state index in [4.69, 9.17) is 10.5 Å². The third-order valence-corrected chi connectivity index (χ3v) is 1.48. The third-order valence-electron chi connectivity index (χ3n) is 1.48. The van der Waals surface area contributed by atoms with Crippen molar-refractivity contribution in [3.63, 3.8) is 0 Å². The molecule has 3 heteroatoms. The fourth-order valence-corrected chi connectivity index (χ4v) is 0.591. The summed E-state index contributed by atoms with van der Waals surface area (Å²) in [5.74, 6) is -0.277. The minimum Gasteiger partial charge on any atom is -0.465 e. The Morgan fingerprint density at radius 2 is 2.18 bits per heavy atom. The minimum atomic E-state index is -0.438. The molecule has 0 bridgehead atoms. The van der Waals surface area contributed by atoms with Gasteiger partial charge in [0.2, 0.25) is 0 Å². The minimum absolute atomic E-state index is 0.277. The maximum absolute atomic E-state index is 10.9. The van der Waals surface area contributed by atoms with Gasteiger partial charge in [-0.15, -0.1) is 0 Å². The van der Waals surface area contributed by atoms with E-state index in [2.05, 4.69) is 0 Å². The summed E-state index contributed by atoms with van der Waals surface area (Å²) in [6, 6.07) is -0.438. The number of esters is 1. The number of carbonyl (C=O) groups excluding carboxylic acids is 1. The Kier molecular flexibility index (Phi) is 5.84. The molecule has 0 aliphatic carbocycles. The maximum atomic E-state index is 10.9. The average molecular weight is 159 g/mol. The van der Waals surface area contributed by atoms with Crippen LogP contribution in [0.1, 0.15) is 33.1 Å². The predicted octanol–water partition coefficient (Wildman–Crippen LogP) is 1.07. The Morgan fingerprint density at radius 1 is 1.55 bits per heavy atom. The van der Waals surface area contributed by atoms with E-state index in [-0.39, 0.29) is 5.97 Å². The van der Waals surface area contributed by atoms with Gasteiger partial charge in [0.15, 0.2) is 0 Å². The van der Waals surface area contributed by atoms with Crippen LogP contribution in [-0.4, -0.2) is 18.6 Å². The molecule has 0 aromatic carbocycles. The summed E-state index contributed by atoms with van der Waals surface area (Å²) in [6.45, 7) is 4.42. The molecule has 0 saturated heterocycles. The van der Waals surface area contributed by atoms with Gasteiger partial charge in [-0.1, -0.05) is 20.3 Å². The molecule has 0 aromatic heterocycles. The van der Waals surface area contributed by atoms with Gasteiger partial charge in [0, 0.05) is 0 Å². The summed E-state index contributed by atoms with van der Waals surface area (Å²) >= 11 is 0. The predicted molar refractivity (Wildman–Crippen MR) is 44.1 cm³/mol. The summed E-state index contributed by atoms with van der Waals surface area (Å²) in [7, 11) is 0. The molecule has 0 radical (unpaired) electrons. The molecular formula is C8H17NO2. The molecule has 0 aromatic rings. The van der Waals surface area contributed by atoms with Gasteiger partial charge >= 0.3 is 5.97 Å². The molecule has 0 rings (SSSR count). The molecule has 1 unspecified atom stereocenters. The van der Waals surface area contributed by atoms with Crippen molar-refractivity contribution >= 4 is 5.97 Å². The monoisotopic (exact) mass is 159 g/mol. The lowest BCUT2D eigenvalue weighted by molar-refractivity contribution is -0.145. The summed E-state index contributed by atoms with van der Waals surface area (Å²) < 4.78 is 4.87. The van der Waals surface area contributed by atoms with Crippen molar-refractivity contribution in [3.05, 3.63) is 0 Å². The Balaban J connectivity index is 3.36. The van der Waals surface area contributed by atoms with Crippen LogP contribution in [0.2, 0.25) is 0 Å². The lowest BCUT2D eigenvalue weighted by Gasteiger charge is -2.07. The van der Waals surface area contributed by atoms with Crippen LogP contribution in [0.15, 0.2) is 0 Å². The van der Waals surface area contributed by atoms with Crippen molar-refractivity contribution in [3.8, 4) is 0 Å². The van der Waals surface area contributed by atoms with E-state index in [1.165, 1.54) is 0 Å². The second kappa shape index (κ2) is 6.16. The fourth-order valence-electron chi connectivity index (χ4n) is 0.591. The molecule has 66 valence electrons. The van der Waals surface area contributed by atoms with Crippen LogP contribution >= 0.6 is 0 Å². The van der Waals surface area contributed by atoms with Crippen LogP contribution in [0.3, 0.4) is 0 Å². The number of carbonyl (C=O) groups is 1. The molecule has 1 atom stereocenters. The molecule has 0 aliphatic rings. The first-order valence-electron chi connectivity index (χ1n) is 4.14. The first-order valence-corrected chi connectivity index (χ1v) is 4.14. The normalized spacial score (nSPS) is 12.6. The van der Waals surface area contributed by atoms with Gasteiger partial charge in [-0.3, -0.25) is 4.79 Å². The molecule has 0 fully saturated rings. The van der Waals surface area contributed by atoms with Crippen LogP contribution in [-0.2, 0) is 9.53 Å². The van der Waals surface area contributed by atoms with Gasteiger partial charge in [-0.25, -0.2) is 0 Å². The molecule has 0 saturated carbocycles. The molecular weight excluding hydrogens is 142 g/mol. The van der Waals surface area contributed by atoms with E-state index in [0.29, 0.717) is 13.0 Å². The zero-order valence-electron chi connectivity index (χ0n) is 7.30.